The topological polar surface area (TPSA) is 77.1 Å². The van der Waals surface area contributed by atoms with Crippen molar-refractivity contribution in [2.45, 2.75) is 13.0 Å². The van der Waals surface area contributed by atoms with Gasteiger partial charge >= 0.3 is 5.97 Å². The maximum Gasteiger partial charge on any atom is 0.326 e. The van der Waals surface area contributed by atoms with E-state index in [1.54, 1.807) is 32.2 Å². The lowest BCUT2D eigenvalue weighted by Gasteiger charge is -2.33. The van der Waals surface area contributed by atoms with Crippen LogP contribution in [0.3, 0.4) is 0 Å². The first-order valence-corrected chi connectivity index (χ1v) is 6.97. The van der Waals surface area contributed by atoms with Gasteiger partial charge in [0.2, 0.25) is 5.91 Å². The lowest BCUT2D eigenvalue weighted by Crippen LogP contribution is -2.48. The molecule has 1 aliphatic rings. The number of nitrogens with one attached hydrogen (secondary N) is 1. The second kappa shape index (κ2) is 7.13. The summed E-state index contributed by atoms with van der Waals surface area (Å²) in [6.45, 7) is 2.11. The van der Waals surface area contributed by atoms with Crippen LogP contribution in [0.2, 0.25) is 0 Å². The van der Waals surface area contributed by atoms with Gasteiger partial charge in [-0.15, -0.1) is 0 Å². The van der Waals surface area contributed by atoms with Crippen LogP contribution in [-0.2, 0) is 19.1 Å². The second-order valence-electron chi connectivity index (χ2n) is 4.89. The predicted molar refractivity (Wildman–Crippen MR) is 81.3 cm³/mol. The van der Waals surface area contributed by atoms with Gasteiger partial charge in [0.15, 0.2) is 0 Å². The monoisotopic (exact) mass is 308 g/mol. The summed E-state index contributed by atoms with van der Waals surface area (Å²) in [7, 11) is 3.10. The number of ether oxygens (including phenoxy) is 3. The molecule has 0 radical (unpaired) electrons. The van der Waals surface area contributed by atoms with E-state index in [1.807, 2.05) is 0 Å². The number of nitrogens with zero attached hydrogens (tertiary/aromatic N) is 1. The molecule has 7 heteroatoms. The molecular formula is C15H20N2O5. The van der Waals surface area contributed by atoms with Gasteiger partial charge in [-0.25, -0.2) is 0 Å². The summed E-state index contributed by atoms with van der Waals surface area (Å²) < 4.78 is 15.0. The molecule has 1 N–H and O–H groups in total. The lowest BCUT2D eigenvalue weighted by atomic mass is 10.1. The third kappa shape index (κ3) is 3.48. The van der Waals surface area contributed by atoms with Crippen molar-refractivity contribution in [3.8, 4) is 5.75 Å². The molecule has 0 saturated heterocycles. The fourth-order valence-electron chi connectivity index (χ4n) is 2.22. The average molecular weight is 308 g/mol. The van der Waals surface area contributed by atoms with Gasteiger partial charge in [0.25, 0.3) is 0 Å². The Bertz CT molecular complexity index is 561. The molecule has 1 amide bonds. The highest BCUT2D eigenvalue weighted by Gasteiger charge is 2.31. The molecule has 1 aromatic rings. The van der Waals surface area contributed by atoms with Crippen LogP contribution in [0.1, 0.15) is 6.92 Å². The largest absolute Gasteiger partial charge is 0.497 e. The maximum absolute atomic E-state index is 12.3. The quantitative estimate of drug-likeness (QED) is 0.625. The van der Waals surface area contributed by atoms with Gasteiger partial charge in [-0.2, -0.15) is 0 Å². The van der Waals surface area contributed by atoms with Crippen LogP contribution in [0, 0.1) is 0 Å². The van der Waals surface area contributed by atoms with E-state index in [1.165, 1.54) is 12.0 Å². The molecule has 1 aromatic carbocycles. The van der Waals surface area contributed by atoms with E-state index in [4.69, 9.17) is 14.2 Å². The Kier molecular flexibility index (Phi) is 5.21. The van der Waals surface area contributed by atoms with Crippen LogP contribution < -0.4 is 15.0 Å². The number of amides is 1. The van der Waals surface area contributed by atoms with Crippen molar-refractivity contribution in [1.29, 1.82) is 0 Å². The summed E-state index contributed by atoms with van der Waals surface area (Å²) in [5.41, 5.74) is 1.38. The van der Waals surface area contributed by atoms with E-state index >= 15 is 0 Å². The summed E-state index contributed by atoms with van der Waals surface area (Å²) in [5, 5.41) is 3.10. The molecule has 0 aliphatic carbocycles. The fraction of sp³-hybridized carbons (Fsp3) is 0.467. The third-order valence-electron chi connectivity index (χ3n) is 3.34. The maximum atomic E-state index is 12.3. The molecule has 0 fully saturated rings. The van der Waals surface area contributed by atoms with E-state index in [0.717, 1.165) is 5.69 Å². The molecule has 1 aliphatic heterocycles. The minimum atomic E-state index is -0.471. The van der Waals surface area contributed by atoms with Gasteiger partial charge in [0, 0.05) is 13.2 Å². The van der Waals surface area contributed by atoms with Crippen LogP contribution in [0.15, 0.2) is 18.2 Å². The number of fused-ring (bicyclic) bond motifs is 1. The highest BCUT2D eigenvalue weighted by molar-refractivity contribution is 6.07. The van der Waals surface area contributed by atoms with Crippen molar-refractivity contribution < 1.29 is 23.8 Å². The molecule has 1 heterocycles. The second-order valence-corrected chi connectivity index (χ2v) is 4.89. The summed E-state index contributed by atoms with van der Waals surface area (Å²) in [5.74, 6) is 0.0260. The van der Waals surface area contributed by atoms with Crippen molar-refractivity contribution in [3.63, 3.8) is 0 Å². The molecular weight excluding hydrogens is 288 g/mol. The van der Waals surface area contributed by atoms with E-state index in [9.17, 15) is 9.59 Å². The molecule has 7 nitrogen and oxygen atoms in total. The number of hydrogen-bond donors (Lipinski definition) is 1. The van der Waals surface area contributed by atoms with Gasteiger partial charge in [-0.3, -0.25) is 14.5 Å². The highest BCUT2D eigenvalue weighted by atomic mass is 16.6. The zero-order valence-corrected chi connectivity index (χ0v) is 12.9. The van der Waals surface area contributed by atoms with E-state index in [2.05, 4.69) is 5.32 Å². The molecule has 0 aromatic heterocycles. The van der Waals surface area contributed by atoms with Crippen LogP contribution in [-0.4, -0.2) is 51.9 Å². The van der Waals surface area contributed by atoms with Gasteiger partial charge < -0.3 is 19.5 Å². The van der Waals surface area contributed by atoms with Crippen molar-refractivity contribution in [3.05, 3.63) is 18.2 Å². The normalized spacial score (nSPS) is 16.8. The molecule has 2 rings (SSSR count). The molecule has 22 heavy (non-hydrogen) atoms. The Morgan fingerprint density at radius 1 is 1.32 bits per heavy atom. The predicted octanol–water partition coefficient (Wildman–Crippen LogP) is 1.03. The lowest BCUT2D eigenvalue weighted by molar-refractivity contribution is -0.144. The summed E-state index contributed by atoms with van der Waals surface area (Å²) in [4.78, 5) is 25.6. The molecule has 0 spiro atoms. The number of methoxy groups -OCH3 is 2. The average Bonchev–Trinajstić information content (AvgIpc) is 2.51. The van der Waals surface area contributed by atoms with E-state index in [0.29, 0.717) is 18.0 Å². The van der Waals surface area contributed by atoms with Crippen LogP contribution in [0.5, 0.6) is 5.75 Å². The molecule has 1 unspecified atom stereocenters. The van der Waals surface area contributed by atoms with Crippen LogP contribution in [0.4, 0.5) is 11.4 Å². The van der Waals surface area contributed by atoms with E-state index < -0.39 is 12.0 Å². The standard InChI is InChI=1S/C15H20N2O5/c1-10-15(19)17(9-14(18)22-7-6-20-2)13-5-4-11(21-3)8-12(13)16-10/h4-5,8,10,16H,6-7,9H2,1-3H3. The van der Waals surface area contributed by atoms with Crippen LogP contribution in [0.25, 0.3) is 0 Å². The van der Waals surface area contributed by atoms with Crippen molar-refractivity contribution in [1.82, 2.24) is 0 Å². The fourth-order valence-corrected chi connectivity index (χ4v) is 2.22. The first kappa shape index (κ1) is 16.1. The Hall–Kier alpha value is -2.28. The SMILES string of the molecule is COCCOC(=O)CN1C(=O)C(C)Nc2cc(OC)ccc21. The van der Waals surface area contributed by atoms with E-state index in [-0.39, 0.29) is 19.1 Å². The first-order valence-electron chi connectivity index (χ1n) is 6.97. The zero-order valence-electron chi connectivity index (χ0n) is 12.9. The first-order chi connectivity index (χ1) is 10.6. The smallest absolute Gasteiger partial charge is 0.326 e. The molecule has 0 saturated carbocycles. The van der Waals surface area contributed by atoms with Gasteiger partial charge in [0.05, 0.1) is 25.1 Å². The number of esters is 1. The Morgan fingerprint density at radius 3 is 2.77 bits per heavy atom. The highest BCUT2D eigenvalue weighted by Crippen LogP contribution is 2.34. The van der Waals surface area contributed by atoms with Crippen molar-refractivity contribution in [2.24, 2.45) is 0 Å². The molecule has 120 valence electrons. The molecule has 1 atom stereocenters. The third-order valence-corrected chi connectivity index (χ3v) is 3.34. The zero-order chi connectivity index (χ0) is 16.1. The van der Waals surface area contributed by atoms with Crippen LogP contribution >= 0.6 is 0 Å². The number of hydrogen-bond acceptors (Lipinski definition) is 6. The summed E-state index contributed by atoms with van der Waals surface area (Å²) >= 11 is 0. The summed E-state index contributed by atoms with van der Waals surface area (Å²) in [6, 6.07) is 4.86. The van der Waals surface area contributed by atoms with Crippen molar-refractivity contribution in [2.75, 3.05) is 44.2 Å². The Balaban J connectivity index is 2.16. The molecule has 0 bridgehead atoms. The van der Waals surface area contributed by atoms with Gasteiger partial charge in [0.1, 0.15) is 24.9 Å². The summed E-state index contributed by atoms with van der Waals surface area (Å²) in [6.07, 6.45) is 0. The minimum Gasteiger partial charge on any atom is -0.497 e. The number of carbonyl (C=O) groups excluding carboxylic acids is 2. The van der Waals surface area contributed by atoms with Gasteiger partial charge in [-0.05, 0) is 19.1 Å². The minimum absolute atomic E-state index is 0.131. The Morgan fingerprint density at radius 2 is 2.09 bits per heavy atom. The van der Waals surface area contributed by atoms with Crippen molar-refractivity contribution >= 4 is 23.3 Å². The number of rotatable bonds is 6. The number of benzene rings is 1. The van der Waals surface area contributed by atoms with Gasteiger partial charge in [-0.1, -0.05) is 0 Å². The Labute approximate surface area is 129 Å². The number of anilines is 2. The number of carbonyl (C=O) groups is 2.